The number of methoxy groups -OCH3 is 1. The second kappa shape index (κ2) is 9.70. The summed E-state index contributed by atoms with van der Waals surface area (Å²) in [6.07, 6.45) is 3.15. The Labute approximate surface area is 203 Å². The zero-order valence-electron chi connectivity index (χ0n) is 19.6. The number of ketones is 1. The normalized spacial score (nSPS) is 23.3. The molecule has 1 saturated carbocycles. The predicted octanol–water partition coefficient (Wildman–Crippen LogP) is 1.57. The van der Waals surface area contributed by atoms with Gasteiger partial charge in [0.2, 0.25) is 5.91 Å². The van der Waals surface area contributed by atoms with Crippen molar-refractivity contribution in [3.8, 4) is 11.8 Å². The number of benzene rings is 1. The lowest BCUT2D eigenvalue weighted by molar-refractivity contribution is -0.126. The Morgan fingerprint density at radius 3 is 2.77 bits per heavy atom. The van der Waals surface area contributed by atoms with Gasteiger partial charge in [0.05, 0.1) is 18.4 Å². The highest BCUT2D eigenvalue weighted by atomic mass is 32.2. The zero-order chi connectivity index (χ0) is 25.3. The first-order chi connectivity index (χ1) is 16.6. The van der Waals surface area contributed by atoms with E-state index in [9.17, 15) is 28.1 Å². The third-order valence-electron chi connectivity index (χ3n) is 6.93. The Kier molecular flexibility index (Phi) is 6.85. The molecule has 1 aromatic heterocycles. The van der Waals surface area contributed by atoms with E-state index in [-0.39, 0.29) is 36.8 Å². The van der Waals surface area contributed by atoms with Gasteiger partial charge in [-0.25, -0.2) is 8.42 Å². The summed E-state index contributed by atoms with van der Waals surface area (Å²) in [6, 6.07) is 6.99. The number of fused-ring (bicyclic) bond motifs is 1. The fourth-order valence-electron chi connectivity index (χ4n) is 4.99. The number of Topliss-reactive ketones (excluding diaryl/α,β-unsaturated/α-hetero) is 1. The van der Waals surface area contributed by atoms with Crippen molar-refractivity contribution in [2.24, 2.45) is 5.92 Å². The van der Waals surface area contributed by atoms with Crippen LogP contribution < -0.4 is 10.1 Å². The predicted molar refractivity (Wildman–Crippen MR) is 127 cm³/mol. The van der Waals surface area contributed by atoms with Crippen LogP contribution in [0.2, 0.25) is 0 Å². The summed E-state index contributed by atoms with van der Waals surface area (Å²) >= 11 is 0. The molecule has 11 heteroatoms. The van der Waals surface area contributed by atoms with Crippen molar-refractivity contribution in [2.75, 3.05) is 19.9 Å². The van der Waals surface area contributed by atoms with Crippen LogP contribution in [0.1, 0.15) is 42.6 Å². The van der Waals surface area contributed by atoms with Crippen LogP contribution in [0.5, 0.6) is 5.75 Å². The maximum absolute atomic E-state index is 13.4. The van der Waals surface area contributed by atoms with E-state index in [4.69, 9.17) is 4.74 Å². The van der Waals surface area contributed by atoms with Crippen molar-refractivity contribution in [1.82, 2.24) is 15.2 Å². The highest BCUT2D eigenvalue weighted by Gasteiger charge is 2.44. The standard InChI is InChI=1S/C24H28N4O6S/c1-34-22-8-4-6-18-17(22)11-19(27-18)24(31)28-13-16(35(2,32)33)10-20(28)23(30)26-15(12-25)9-14-5-3-7-21(14)29/h4,6,8,11,14-16,20,27H,3,5,7,9-10,13H2,1-2H3,(H,26,30)/t14-,15-,16+,20-/m0/s1. The molecule has 2 aliphatic rings. The molecule has 4 rings (SSSR count). The van der Waals surface area contributed by atoms with Gasteiger partial charge in [-0.2, -0.15) is 5.26 Å². The number of H-pyrrole nitrogens is 1. The fourth-order valence-corrected chi connectivity index (χ4v) is 5.95. The summed E-state index contributed by atoms with van der Waals surface area (Å²) in [4.78, 5) is 42.9. The van der Waals surface area contributed by atoms with E-state index in [0.717, 1.165) is 12.7 Å². The van der Waals surface area contributed by atoms with Crippen LogP contribution in [-0.4, -0.2) is 73.1 Å². The third kappa shape index (κ3) is 5.03. The minimum absolute atomic E-state index is 0.0690. The number of sulfone groups is 1. The second-order valence-corrected chi connectivity index (χ2v) is 11.6. The maximum atomic E-state index is 13.4. The molecule has 2 fully saturated rings. The third-order valence-corrected chi connectivity index (χ3v) is 8.48. The molecule has 1 aliphatic heterocycles. The average Bonchev–Trinajstić information content (AvgIpc) is 3.55. The molecule has 2 aromatic rings. The summed E-state index contributed by atoms with van der Waals surface area (Å²) in [5, 5.41) is 12.0. The number of nitriles is 1. The molecule has 2 heterocycles. The topological polar surface area (TPSA) is 149 Å². The number of nitrogens with one attached hydrogen (secondary N) is 2. The van der Waals surface area contributed by atoms with Crippen LogP contribution in [-0.2, 0) is 19.4 Å². The molecule has 35 heavy (non-hydrogen) atoms. The van der Waals surface area contributed by atoms with Crippen molar-refractivity contribution in [1.29, 1.82) is 5.26 Å². The quantitative estimate of drug-likeness (QED) is 0.586. The first kappa shape index (κ1) is 24.7. The number of carbonyl (C=O) groups is 3. The van der Waals surface area contributed by atoms with Crippen LogP contribution in [0.25, 0.3) is 10.9 Å². The minimum atomic E-state index is -3.53. The van der Waals surface area contributed by atoms with Crippen LogP contribution in [0.3, 0.4) is 0 Å². The van der Waals surface area contributed by atoms with E-state index in [1.54, 1.807) is 24.3 Å². The van der Waals surface area contributed by atoms with Gasteiger partial charge in [-0.05, 0) is 43.9 Å². The smallest absolute Gasteiger partial charge is 0.271 e. The van der Waals surface area contributed by atoms with Gasteiger partial charge in [0, 0.05) is 36.0 Å². The van der Waals surface area contributed by atoms with Crippen molar-refractivity contribution in [3.05, 3.63) is 30.0 Å². The number of aromatic amines is 1. The monoisotopic (exact) mass is 500 g/mol. The summed E-state index contributed by atoms with van der Waals surface area (Å²) in [5.41, 5.74) is 0.864. The largest absolute Gasteiger partial charge is 0.496 e. The molecule has 0 unspecified atom stereocenters. The molecule has 0 radical (unpaired) electrons. The summed E-state index contributed by atoms with van der Waals surface area (Å²) in [6.45, 7) is -0.138. The number of carbonyl (C=O) groups excluding carboxylic acids is 3. The molecule has 4 atom stereocenters. The number of rotatable bonds is 7. The van der Waals surface area contributed by atoms with E-state index >= 15 is 0 Å². The Bertz CT molecular complexity index is 1310. The number of amides is 2. The summed E-state index contributed by atoms with van der Waals surface area (Å²) in [5.74, 6) is -0.736. The second-order valence-electron chi connectivity index (χ2n) is 9.25. The molecule has 0 bridgehead atoms. The van der Waals surface area contributed by atoms with Crippen LogP contribution in [0.4, 0.5) is 0 Å². The number of likely N-dealkylation sites (tertiary alicyclic amines) is 1. The van der Waals surface area contributed by atoms with E-state index in [1.165, 1.54) is 12.0 Å². The molecular formula is C24H28N4O6S. The Morgan fingerprint density at radius 2 is 2.14 bits per heavy atom. The van der Waals surface area contributed by atoms with Crippen molar-refractivity contribution in [3.63, 3.8) is 0 Å². The van der Waals surface area contributed by atoms with Gasteiger partial charge < -0.3 is 19.9 Å². The molecule has 1 aliphatic carbocycles. The zero-order valence-corrected chi connectivity index (χ0v) is 20.4. The molecule has 0 spiro atoms. The van der Waals surface area contributed by atoms with Crippen molar-refractivity contribution < 1.29 is 27.5 Å². The lowest BCUT2D eigenvalue weighted by Gasteiger charge is -2.25. The molecule has 2 amide bonds. The maximum Gasteiger partial charge on any atom is 0.271 e. The van der Waals surface area contributed by atoms with Crippen LogP contribution in [0.15, 0.2) is 24.3 Å². The van der Waals surface area contributed by atoms with Gasteiger partial charge in [0.25, 0.3) is 5.91 Å². The first-order valence-corrected chi connectivity index (χ1v) is 13.5. The van der Waals surface area contributed by atoms with E-state index in [2.05, 4.69) is 10.3 Å². The number of hydrogen-bond donors (Lipinski definition) is 2. The van der Waals surface area contributed by atoms with E-state index < -0.39 is 39.0 Å². The highest BCUT2D eigenvalue weighted by Crippen LogP contribution is 2.30. The minimum Gasteiger partial charge on any atom is -0.496 e. The van der Waals surface area contributed by atoms with Gasteiger partial charge >= 0.3 is 0 Å². The van der Waals surface area contributed by atoms with E-state index in [1.807, 2.05) is 6.07 Å². The highest BCUT2D eigenvalue weighted by molar-refractivity contribution is 7.91. The van der Waals surface area contributed by atoms with Gasteiger partial charge in [-0.15, -0.1) is 0 Å². The van der Waals surface area contributed by atoms with Gasteiger partial charge in [0.1, 0.15) is 29.3 Å². The lowest BCUT2D eigenvalue weighted by atomic mass is 9.98. The molecule has 186 valence electrons. The number of ether oxygens (including phenoxy) is 1. The van der Waals surface area contributed by atoms with Gasteiger partial charge in [-0.1, -0.05) is 6.07 Å². The first-order valence-electron chi connectivity index (χ1n) is 11.5. The average molecular weight is 501 g/mol. The molecule has 10 nitrogen and oxygen atoms in total. The van der Waals surface area contributed by atoms with Gasteiger partial charge in [0.15, 0.2) is 9.84 Å². The number of aromatic nitrogens is 1. The van der Waals surface area contributed by atoms with E-state index in [0.29, 0.717) is 29.5 Å². The number of nitrogens with zero attached hydrogens (tertiary/aromatic N) is 2. The Balaban J connectivity index is 1.58. The molecule has 2 N–H and O–H groups in total. The lowest BCUT2D eigenvalue weighted by Crippen LogP contribution is -2.49. The van der Waals surface area contributed by atoms with Crippen molar-refractivity contribution >= 4 is 38.3 Å². The van der Waals surface area contributed by atoms with Gasteiger partial charge in [-0.3, -0.25) is 14.4 Å². The fraction of sp³-hybridized carbons (Fsp3) is 0.500. The molecular weight excluding hydrogens is 472 g/mol. The summed E-state index contributed by atoms with van der Waals surface area (Å²) < 4.78 is 29.9. The van der Waals surface area contributed by atoms with Crippen LogP contribution >= 0.6 is 0 Å². The SMILES string of the molecule is COc1cccc2[nH]c(C(=O)N3C[C@H](S(C)(=O)=O)C[C@H]3C(=O)N[C@H](C#N)C[C@@H]3CCCC3=O)cc12. The molecule has 1 aromatic carbocycles. The summed E-state index contributed by atoms with van der Waals surface area (Å²) in [7, 11) is -2.01. The van der Waals surface area contributed by atoms with Crippen molar-refractivity contribution in [2.45, 2.75) is 49.4 Å². The Hall–Kier alpha value is -3.39. The number of hydrogen-bond acceptors (Lipinski definition) is 7. The Morgan fingerprint density at radius 1 is 1.37 bits per heavy atom. The molecule has 1 saturated heterocycles. The van der Waals surface area contributed by atoms with Crippen LogP contribution in [0, 0.1) is 17.2 Å².